The molecule has 1 amide bonds. The van der Waals surface area contributed by atoms with Gasteiger partial charge in [-0.15, -0.1) is 0 Å². The Balaban J connectivity index is 2.26. The van der Waals surface area contributed by atoms with Crippen LogP contribution in [0.3, 0.4) is 0 Å². The summed E-state index contributed by atoms with van der Waals surface area (Å²) in [6.07, 6.45) is 0. The van der Waals surface area contributed by atoms with E-state index in [1.54, 1.807) is 6.92 Å². The van der Waals surface area contributed by atoms with Crippen molar-refractivity contribution in [3.8, 4) is 0 Å². The van der Waals surface area contributed by atoms with Crippen molar-refractivity contribution in [2.45, 2.75) is 13.0 Å². The first-order chi connectivity index (χ1) is 7.16. The molecular weight excluding hydrogens is 210 g/mol. The minimum atomic E-state index is -0.398. The fourth-order valence-corrected chi connectivity index (χ4v) is 2.14. The summed E-state index contributed by atoms with van der Waals surface area (Å²) in [5.74, 6) is -0.380. The number of aromatic nitrogens is 1. The maximum atomic E-state index is 10.9. The number of benzene rings is 1. The number of hydrogen-bond acceptors (Lipinski definition) is 4. The zero-order valence-corrected chi connectivity index (χ0v) is 9.04. The zero-order chi connectivity index (χ0) is 10.8. The summed E-state index contributed by atoms with van der Waals surface area (Å²) < 4.78 is 1.09. The molecule has 0 aliphatic heterocycles. The highest BCUT2D eigenvalue weighted by Gasteiger charge is 2.10. The SMILES string of the molecule is CC(Nc1nc2ccccc2s1)C(N)=O. The molecule has 2 aromatic rings. The summed E-state index contributed by atoms with van der Waals surface area (Å²) in [5.41, 5.74) is 6.09. The molecule has 15 heavy (non-hydrogen) atoms. The minimum absolute atomic E-state index is 0.380. The normalized spacial score (nSPS) is 12.6. The van der Waals surface area contributed by atoms with Crippen molar-refractivity contribution in [3.05, 3.63) is 24.3 Å². The molecule has 1 atom stereocenters. The summed E-state index contributed by atoms with van der Waals surface area (Å²) in [5, 5.41) is 3.69. The lowest BCUT2D eigenvalue weighted by atomic mass is 10.3. The Morgan fingerprint density at radius 3 is 2.93 bits per heavy atom. The van der Waals surface area contributed by atoms with Gasteiger partial charge in [0.1, 0.15) is 6.04 Å². The summed E-state index contributed by atoms with van der Waals surface area (Å²) in [7, 11) is 0. The van der Waals surface area contributed by atoms with Gasteiger partial charge >= 0.3 is 0 Å². The van der Waals surface area contributed by atoms with Gasteiger partial charge in [0.2, 0.25) is 5.91 Å². The van der Waals surface area contributed by atoms with Crippen LogP contribution >= 0.6 is 11.3 Å². The number of fused-ring (bicyclic) bond motifs is 1. The topological polar surface area (TPSA) is 68.0 Å². The molecular formula is C10H11N3OS. The van der Waals surface area contributed by atoms with Crippen LogP contribution in [0.1, 0.15) is 6.92 Å². The van der Waals surface area contributed by atoms with E-state index >= 15 is 0 Å². The van der Waals surface area contributed by atoms with E-state index in [2.05, 4.69) is 10.3 Å². The van der Waals surface area contributed by atoms with E-state index in [0.29, 0.717) is 0 Å². The second kappa shape index (κ2) is 3.86. The minimum Gasteiger partial charge on any atom is -0.368 e. The first kappa shape index (κ1) is 9.92. The van der Waals surface area contributed by atoms with E-state index in [0.717, 1.165) is 15.3 Å². The van der Waals surface area contributed by atoms with E-state index in [-0.39, 0.29) is 5.91 Å². The Bertz CT molecular complexity index is 461. The highest BCUT2D eigenvalue weighted by atomic mass is 32.1. The first-order valence-corrected chi connectivity index (χ1v) is 5.40. The fourth-order valence-electron chi connectivity index (χ4n) is 1.19. The van der Waals surface area contributed by atoms with Crippen LogP contribution in [0, 0.1) is 0 Å². The van der Waals surface area contributed by atoms with Crippen molar-refractivity contribution in [2.75, 3.05) is 5.32 Å². The molecule has 0 spiro atoms. The zero-order valence-electron chi connectivity index (χ0n) is 8.23. The number of para-hydroxylation sites is 1. The van der Waals surface area contributed by atoms with Gasteiger partial charge in [-0.05, 0) is 19.1 Å². The molecule has 0 aliphatic rings. The molecule has 5 heteroatoms. The van der Waals surface area contributed by atoms with Crippen molar-refractivity contribution in [3.63, 3.8) is 0 Å². The second-order valence-corrected chi connectivity index (χ2v) is 4.29. The van der Waals surface area contributed by atoms with Crippen LogP contribution in [0.5, 0.6) is 0 Å². The van der Waals surface area contributed by atoms with Crippen molar-refractivity contribution in [2.24, 2.45) is 5.73 Å². The highest BCUT2D eigenvalue weighted by molar-refractivity contribution is 7.22. The largest absolute Gasteiger partial charge is 0.368 e. The molecule has 0 saturated carbocycles. The van der Waals surface area contributed by atoms with Gasteiger partial charge in [0.05, 0.1) is 10.2 Å². The maximum Gasteiger partial charge on any atom is 0.239 e. The van der Waals surface area contributed by atoms with E-state index < -0.39 is 6.04 Å². The van der Waals surface area contributed by atoms with Crippen molar-refractivity contribution < 1.29 is 4.79 Å². The van der Waals surface area contributed by atoms with Gasteiger partial charge < -0.3 is 11.1 Å². The lowest BCUT2D eigenvalue weighted by molar-refractivity contribution is -0.118. The van der Waals surface area contributed by atoms with Crippen molar-refractivity contribution in [1.29, 1.82) is 0 Å². The number of amides is 1. The Kier molecular flexibility index (Phi) is 2.55. The molecule has 4 nitrogen and oxygen atoms in total. The number of carbonyl (C=O) groups excluding carboxylic acids is 1. The van der Waals surface area contributed by atoms with Gasteiger partial charge in [-0.3, -0.25) is 4.79 Å². The molecule has 0 saturated heterocycles. The maximum absolute atomic E-state index is 10.9. The van der Waals surface area contributed by atoms with Crippen LogP contribution in [0.25, 0.3) is 10.2 Å². The first-order valence-electron chi connectivity index (χ1n) is 4.58. The summed E-state index contributed by atoms with van der Waals surface area (Å²) in [6.45, 7) is 1.72. The third-order valence-corrected chi connectivity index (χ3v) is 3.03. The monoisotopic (exact) mass is 221 g/mol. The van der Waals surface area contributed by atoms with E-state index in [9.17, 15) is 4.79 Å². The van der Waals surface area contributed by atoms with Crippen LogP contribution in [0.4, 0.5) is 5.13 Å². The number of carbonyl (C=O) groups is 1. The number of anilines is 1. The average Bonchev–Trinajstić information content (AvgIpc) is 2.59. The molecule has 0 radical (unpaired) electrons. The third kappa shape index (κ3) is 2.07. The highest BCUT2D eigenvalue weighted by Crippen LogP contribution is 2.25. The van der Waals surface area contributed by atoms with E-state index in [4.69, 9.17) is 5.73 Å². The van der Waals surface area contributed by atoms with Crippen LogP contribution in [-0.4, -0.2) is 16.9 Å². The van der Waals surface area contributed by atoms with Gasteiger partial charge in [-0.25, -0.2) is 4.98 Å². The van der Waals surface area contributed by atoms with Crippen LogP contribution in [0.15, 0.2) is 24.3 Å². The van der Waals surface area contributed by atoms with E-state index in [1.807, 2.05) is 24.3 Å². The van der Waals surface area contributed by atoms with Crippen LogP contribution in [-0.2, 0) is 4.79 Å². The van der Waals surface area contributed by atoms with Gasteiger partial charge in [0, 0.05) is 0 Å². The number of nitrogens with zero attached hydrogens (tertiary/aromatic N) is 1. The molecule has 78 valence electrons. The fraction of sp³-hybridized carbons (Fsp3) is 0.200. The smallest absolute Gasteiger partial charge is 0.239 e. The van der Waals surface area contributed by atoms with Crippen molar-refractivity contribution >= 4 is 32.6 Å². The number of rotatable bonds is 3. The van der Waals surface area contributed by atoms with Crippen LogP contribution < -0.4 is 11.1 Å². The molecule has 1 heterocycles. The summed E-state index contributed by atoms with van der Waals surface area (Å²) in [4.78, 5) is 15.2. The van der Waals surface area contributed by atoms with Gasteiger partial charge in [-0.2, -0.15) is 0 Å². The average molecular weight is 221 g/mol. The second-order valence-electron chi connectivity index (χ2n) is 3.26. The molecule has 1 unspecified atom stereocenters. The summed E-state index contributed by atoms with van der Waals surface area (Å²) in [6, 6.07) is 7.43. The lowest BCUT2D eigenvalue weighted by Gasteiger charge is -2.06. The molecule has 1 aromatic heterocycles. The Morgan fingerprint density at radius 2 is 2.27 bits per heavy atom. The van der Waals surface area contributed by atoms with Gasteiger partial charge in [-0.1, -0.05) is 23.5 Å². The van der Waals surface area contributed by atoms with Gasteiger partial charge in [0.25, 0.3) is 0 Å². The third-order valence-electron chi connectivity index (χ3n) is 2.06. The van der Waals surface area contributed by atoms with Crippen LogP contribution in [0.2, 0.25) is 0 Å². The van der Waals surface area contributed by atoms with Gasteiger partial charge in [0.15, 0.2) is 5.13 Å². The molecule has 0 bridgehead atoms. The lowest BCUT2D eigenvalue weighted by Crippen LogP contribution is -2.32. The quantitative estimate of drug-likeness (QED) is 0.826. The number of nitrogens with one attached hydrogen (secondary N) is 1. The van der Waals surface area contributed by atoms with Crippen molar-refractivity contribution in [1.82, 2.24) is 4.98 Å². The van der Waals surface area contributed by atoms with E-state index in [1.165, 1.54) is 11.3 Å². The molecule has 2 rings (SSSR count). The summed E-state index contributed by atoms with van der Waals surface area (Å²) >= 11 is 1.51. The molecule has 0 aliphatic carbocycles. The number of primary amides is 1. The number of hydrogen-bond donors (Lipinski definition) is 2. The standard InChI is InChI=1S/C10H11N3OS/c1-6(9(11)14)12-10-13-7-4-2-3-5-8(7)15-10/h2-6H,1H3,(H2,11,14)(H,12,13). The Labute approximate surface area is 91.1 Å². The Morgan fingerprint density at radius 1 is 1.53 bits per heavy atom. The number of nitrogens with two attached hydrogens (primary N) is 1. The molecule has 0 fully saturated rings. The predicted molar refractivity (Wildman–Crippen MR) is 61.9 cm³/mol. The molecule has 1 aromatic carbocycles. The molecule has 3 N–H and O–H groups in total. The Hall–Kier alpha value is -1.62. The predicted octanol–water partition coefficient (Wildman–Crippen LogP) is 1.58. The number of thiazole rings is 1.